The van der Waals surface area contributed by atoms with Crippen molar-refractivity contribution in [2.75, 3.05) is 23.0 Å². The van der Waals surface area contributed by atoms with Crippen molar-refractivity contribution in [2.24, 2.45) is 0 Å². The number of sulfone groups is 2. The van der Waals surface area contributed by atoms with Gasteiger partial charge in [-0.1, -0.05) is 38.1 Å². The third kappa shape index (κ3) is 7.01. The van der Waals surface area contributed by atoms with Crippen LogP contribution in [0.25, 0.3) is 0 Å². The topological polar surface area (TPSA) is 145 Å². The van der Waals surface area contributed by atoms with Crippen LogP contribution in [0, 0.1) is 0 Å². The highest BCUT2D eigenvalue weighted by molar-refractivity contribution is 7.91. The van der Waals surface area contributed by atoms with E-state index in [4.69, 9.17) is 9.47 Å². The van der Waals surface area contributed by atoms with Crippen LogP contribution < -0.4 is 20.1 Å². The Morgan fingerprint density at radius 2 is 1.05 bits per heavy atom. The third-order valence-electron chi connectivity index (χ3n) is 6.68. The molecule has 2 heterocycles. The van der Waals surface area contributed by atoms with Gasteiger partial charge < -0.3 is 20.1 Å². The molecule has 0 spiro atoms. The van der Waals surface area contributed by atoms with Gasteiger partial charge in [0.1, 0.15) is 11.5 Å². The average molecular weight is 551 g/mol. The molecule has 2 amide bonds. The molecule has 0 radical (unpaired) electrons. The highest BCUT2D eigenvalue weighted by atomic mass is 32.2. The Morgan fingerprint density at radius 3 is 1.35 bits per heavy atom. The Hall–Kier alpha value is -3.12. The van der Waals surface area contributed by atoms with E-state index in [1.165, 1.54) is 0 Å². The summed E-state index contributed by atoms with van der Waals surface area (Å²) >= 11 is 0. The average Bonchev–Trinajstić information content (AvgIpc) is 3.33. The van der Waals surface area contributed by atoms with Crippen molar-refractivity contribution in [3.05, 3.63) is 59.7 Å². The van der Waals surface area contributed by atoms with Crippen LogP contribution in [0.4, 0.5) is 9.59 Å². The number of nitrogens with one attached hydrogen (secondary N) is 2. The first kappa shape index (κ1) is 26.9. The van der Waals surface area contributed by atoms with Gasteiger partial charge in [-0.05, 0) is 48.2 Å². The van der Waals surface area contributed by atoms with E-state index in [9.17, 15) is 26.4 Å². The van der Waals surface area contributed by atoms with Gasteiger partial charge in [-0.3, -0.25) is 0 Å². The maximum Gasteiger partial charge on any atom is 0.412 e. The summed E-state index contributed by atoms with van der Waals surface area (Å²) in [5, 5.41) is 5.18. The van der Waals surface area contributed by atoms with Gasteiger partial charge >= 0.3 is 12.2 Å². The summed E-state index contributed by atoms with van der Waals surface area (Å²) in [7, 11) is -6.20. The minimum Gasteiger partial charge on any atom is -0.410 e. The molecule has 0 saturated carbocycles. The minimum atomic E-state index is -3.10. The lowest BCUT2D eigenvalue weighted by Gasteiger charge is -2.26. The molecule has 2 aromatic rings. The van der Waals surface area contributed by atoms with Crippen LogP contribution in [0.15, 0.2) is 48.5 Å². The molecule has 0 bridgehead atoms. The normalized spacial score (nSPS) is 22.2. The number of ether oxygens (including phenoxy) is 2. The van der Waals surface area contributed by atoms with Crippen LogP contribution in [0.3, 0.4) is 0 Å². The SMILES string of the molecule is CC(C)(c1ccc(OC(=O)NC2CCS(=O)(=O)C2)cc1)c1ccc(OC(=O)NC2CCS(=O)(=O)C2)cc1. The number of benzene rings is 2. The first-order valence-corrected chi connectivity index (χ1v) is 15.5. The number of rotatable bonds is 6. The summed E-state index contributed by atoms with van der Waals surface area (Å²) in [4.78, 5) is 24.2. The summed E-state index contributed by atoms with van der Waals surface area (Å²) in [6.45, 7) is 4.05. The summed E-state index contributed by atoms with van der Waals surface area (Å²) in [6, 6.07) is 13.2. The molecule has 2 aliphatic rings. The van der Waals surface area contributed by atoms with E-state index in [0.29, 0.717) is 24.3 Å². The predicted molar refractivity (Wildman–Crippen MR) is 137 cm³/mol. The Bertz CT molecular complexity index is 1260. The van der Waals surface area contributed by atoms with Crippen molar-refractivity contribution in [3.63, 3.8) is 0 Å². The second kappa shape index (κ2) is 10.3. The van der Waals surface area contributed by atoms with Gasteiger partial charge in [-0.2, -0.15) is 0 Å². The number of hydrogen-bond acceptors (Lipinski definition) is 8. The largest absolute Gasteiger partial charge is 0.412 e. The van der Waals surface area contributed by atoms with Crippen LogP contribution >= 0.6 is 0 Å². The molecule has 2 N–H and O–H groups in total. The zero-order valence-electron chi connectivity index (χ0n) is 20.6. The first-order chi connectivity index (χ1) is 17.3. The smallest absolute Gasteiger partial charge is 0.410 e. The Balaban J connectivity index is 1.32. The van der Waals surface area contributed by atoms with Gasteiger partial charge in [-0.25, -0.2) is 26.4 Å². The highest BCUT2D eigenvalue weighted by Gasteiger charge is 2.30. The molecule has 12 heteroatoms. The predicted octanol–water partition coefficient (Wildman–Crippen LogP) is 2.56. The fourth-order valence-corrected chi connectivity index (χ4v) is 7.82. The molecule has 2 saturated heterocycles. The molecule has 4 rings (SSSR count). The molecule has 2 aromatic carbocycles. The van der Waals surface area contributed by atoms with Crippen molar-refractivity contribution in [1.82, 2.24) is 10.6 Å². The molecule has 200 valence electrons. The first-order valence-electron chi connectivity index (χ1n) is 11.9. The van der Waals surface area contributed by atoms with Crippen molar-refractivity contribution < 1.29 is 35.9 Å². The maximum atomic E-state index is 12.1. The molecular weight excluding hydrogens is 520 g/mol. The van der Waals surface area contributed by atoms with Gasteiger partial charge in [0.15, 0.2) is 19.7 Å². The zero-order chi connectivity index (χ0) is 26.8. The minimum absolute atomic E-state index is 0.0644. The fourth-order valence-electron chi connectivity index (χ4n) is 4.47. The van der Waals surface area contributed by atoms with Crippen LogP contribution in [0.5, 0.6) is 11.5 Å². The Morgan fingerprint density at radius 1 is 0.703 bits per heavy atom. The lowest BCUT2D eigenvalue weighted by atomic mass is 9.78. The summed E-state index contributed by atoms with van der Waals surface area (Å²) in [5.41, 5.74) is 1.49. The van der Waals surface area contributed by atoms with E-state index >= 15 is 0 Å². The van der Waals surface area contributed by atoms with Gasteiger partial charge in [-0.15, -0.1) is 0 Å². The van der Waals surface area contributed by atoms with E-state index in [-0.39, 0.29) is 23.0 Å². The van der Waals surface area contributed by atoms with Crippen molar-refractivity contribution in [3.8, 4) is 11.5 Å². The van der Waals surface area contributed by atoms with Crippen LogP contribution in [-0.4, -0.2) is 64.1 Å². The monoisotopic (exact) mass is 550 g/mol. The van der Waals surface area contributed by atoms with Crippen molar-refractivity contribution in [2.45, 2.75) is 44.2 Å². The van der Waals surface area contributed by atoms with Gasteiger partial charge in [0.05, 0.1) is 23.0 Å². The third-order valence-corrected chi connectivity index (χ3v) is 10.2. The Kier molecular flexibility index (Phi) is 7.52. The van der Waals surface area contributed by atoms with E-state index in [2.05, 4.69) is 10.6 Å². The standard InChI is InChI=1S/C25H30N2O8S2/c1-25(2,17-3-7-21(8-4-17)34-23(28)26-19-11-13-36(30,31)15-19)18-5-9-22(10-6-18)35-24(29)27-20-12-14-37(32,33)16-20/h3-10,19-20H,11-16H2,1-2H3,(H,26,28)(H,27,29). The second-order valence-electron chi connectivity index (χ2n) is 9.94. The van der Waals surface area contributed by atoms with Crippen molar-refractivity contribution in [1.29, 1.82) is 0 Å². The van der Waals surface area contributed by atoms with E-state index in [0.717, 1.165) is 11.1 Å². The lowest BCUT2D eigenvalue weighted by molar-refractivity contribution is 0.196. The molecular formula is C25H30N2O8S2. The van der Waals surface area contributed by atoms with Crippen LogP contribution in [0.2, 0.25) is 0 Å². The summed E-state index contributed by atoms with van der Waals surface area (Å²) in [6.07, 6.45) is -0.625. The van der Waals surface area contributed by atoms with Crippen LogP contribution in [0.1, 0.15) is 37.8 Å². The number of carbonyl (C=O) groups excluding carboxylic acids is 2. The van der Waals surface area contributed by atoms with E-state index in [1.54, 1.807) is 24.3 Å². The maximum absolute atomic E-state index is 12.1. The molecule has 0 aliphatic carbocycles. The number of hydrogen-bond donors (Lipinski definition) is 2. The molecule has 2 unspecified atom stereocenters. The number of carbonyl (C=O) groups is 2. The number of amides is 2. The fraction of sp³-hybridized carbons (Fsp3) is 0.440. The van der Waals surface area contributed by atoms with Gasteiger partial charge in [0.2, 0.25) is 0 Å². The molecule has 2 aliphatic heterocycles. The van der Waals surface area contributed by atoms with Gasteiger partial charge in [0, 0.05) is 17.5 Å². The summed E-state index contributed by atoms with van der Waals surface area (Å²) < 4.78 is 56.8. The van der Waals surface area contributed by atoms with E-state index < -0.39 is 49.4 Å². The molecule has 37 heavy (non-hydrogen) atoms. The lowest BCUT2D eigenvalue weighted by Crippen LogP contribution is -2.37. The molecule has 2 atom stereocenters. The van der Waals surface area contributed by atoms with E-state index in [1.807, 2.05) is 38.1 Å². The Labute approximate surface area is 216 Å². The zero-order valence-corrected chi connectivity index (χ0v) is 22.2. The quantitative estimate of drug-likeness (QED) is 0.558. The van der Waals surface area contributed by atoms with Crippen molar-refractivity contribution >= 4 is 31.9 Å². The molecule has 10 nitrogen and oxygen atoms in total. The molecule has 2 fully saturated rings. The molecule has 0 aromatic heterocycles. The summed E-state index contributed by atoms with van der Waals surface area (Å²) in [5.74, 6) is 0.651. The second-order valence-corrected chi connectivity index (χ2v) is 14.4. The van der Waals surface area contributed by atoms with Crippen LogP contribution in [-0.2, 0) is 25.1 Å². The van der Waals surface area contributed by atoms with Gasteiger partial charge in [0.25, 0.3) is 0 Å². The highest BCUT2D eigenvalue weighted by Crippen LogP contribution is 2.33.